The summed E-state index contributed by atoms with van der Waals surface area (Å²) < 4.78 is 0. The van der Waals surface area contributed by atoms with Gasteiger partial charge in [-0.15, -0.1) is 0 Å². The lowest BCUT2D eigenvalue weighted by Crippen LogP contribution is -2.41. The minimum Gasteiger partial charge on any atom is -0.297 e. The van der Waals surface area contributed by atoms with E-state index in [2.05, 4.69) is 18.4 Å². The zero-order valence-electron chi connectivity index (χ0n) is 7.34. The fourth-order valence-electron chi connectivity index (χ4n) is 2.61. The molecule has 11 heavy (non-hydrogen) atoms. The minimum absolute atomic E-state index is 0.767. The molecular formula is C10H17N. The van der Waals surface area contributed by atoms with Gasteiger partial charge in [0.25, 0.3) is 0 Å². The number of hydrogen-bond acceptors (Lipinski definition) is 1. The highest BCUT2D eigenvalue weighted by molar-refractivity contribution is 5.07. The van der Waals surface area contributed by atoms with Gasteiger partial charge in [-0.05, 0) is 39.2 Å². The van der Waals surface area contributed by atoms with E-state index >= 15 is 0 Å². The third kappa shape index (κ3) is 1.22. The van der Waals surface area contributed by atoms with Crippen LogP contribution in [0.5, 0.6) is 0 Å². The van der Waals surface area contributed by atoms with Gasteiger partial charge in [-0.2, -0.15) is 0 Å². The molecule has 1 heteroatoms. The summed E-state index contributed by atoms with van der Waals surface area (Å²) in [7, 11) is 0. The monoisotopic (exact) mass is 151 g/mol. The molecule has 0 radical (unpaired) electrons. The molecule has 0 aliphatic carbocycles. The average Bonchev–Trinajstić information content (AvgIpc) is 2.34. The van der Waals surface area contributed by atoms with Crippen molar-refractivity contribution in [2.75, 3.05) is 6.54 Å². The molecule has 2 rings (SSSR count). The van der Waals surface area contributed by atoms with Crippen LogP contribution in [0, 0.1) is 0 Å². The summed E-state index contributed by atoms with van der Waals surface area (Å²) in [6.07, 6.45) is 5.31. The van der Waals surface area contributed by atoms with Crippen LogP contribution in [0.4, 0.5) is 0 Å². The van der Waals surface area contributed by atoms with Crippen molar-refractivity contribution in [2.24, 2.45) is 0 Å². The molecule has 2 fully saturated rings. The van der Waals surface area contributed by atoms with Crippen molar-refractivity contribution < 1.29 is 0 Å². The maximum Gasteiger partial charge on any atom is 0.0136 e. The van der Waals surface area contributed by atoms with E-state index in [1.54, 1.807) is 0 Å². The second-order valence-electron chi connectivity index (χ2n) is 4.04. The molecule has 0 amide bonds. The molecule has 62 valence electrons. The van der Waals surface area contributed by atoms with Crippen molar-refractivity contribution in [3.63, 3.8) is 0 Å². The van der Waals surface area contributed by atoms with Crippen LogP contribution in [-0.2, 0) is 0 Å². The highest BCUT2D eigenvalue weighted by Crippen LogP contribution is 2.32. The van der Waals surface area contributed by atoms with Crippen molar-refractivity contribution in [3.05, 3.63) is 12.2 Å². The third-order valence-corrected chi connectivity index (χ3v) is 3.10. The Morgan fingerprint density at radius 2 is 2.27 bits per heavy atom. The van der Waals surface area contributed by atoms with E-state index < -0.39 is 0 Å². The van der Waals surface area contributed by atoms with Crippen molar-refractivity contribution in [1.82, 2.24) is 4.90 Å². The molecule has 2 saturated heterocycles. The third-order valence-electron chi connectivity index (χ3n) is 3.10. The molecule has 0 unspecified atom stereocenters. The summed E-state index contributed by atoms with van der Waals surface area (Å²) in [5, 5.41) is 0. The Labute approximate surface area is 69.1 Å². The number of hydrogen-bond donors (Lipinski definition) is 0. The van der Waals surface area contributed by atoms with E-state index in [9.17, 15) is 0 Å². The van der Waals surface area contributed by atoms with Gasteiger partial charge in [-0.3, -0.25) is 4.90 Å². The maximum atomic E-state index is 4.10. The van der Waals surface area contributed by atoms with Crippen LogP contribution in [0.1, 0.15) is 32.6 Å². The van der Waals surface area contributed by atoms with Crippen LogP contribution in [-0.4, -0.2) is 23.5 Å². The van der Waals surface area contributed by atoms with E-state index in [-0.39, 0.29) is 0 Å². The van der Waals surface area contributed by atoms with Crippen molar-refractivity contribution in [2.45, 2.75) is 44.7 Å². The molecule has 0 saturated carbocycles. The molecule has 0 aromatic carbocycles. The maximum absolute atomic E-state index is 4.10. The number of nitrogens with zero attached hydrogens (tertiary/aromatic N) is 1. The Morgan fingerprint density at radius 1 is 1.45 bits per heavy atom. The molecule has 1 nitrogen and oxygen atoms in total. The van der Waals surface area contributed by atoms with Crippen LogP contribution < -0.4 is 0 Å². The summed E-state index contributed by atoms with van der Waals surface area (Å²) in [5.74, 6) is 0. The lowest BCUT2D eigenvalue weighted by Gasteiger charge is -2.36. The Balaban J connectivity index is 2.10. The van der Waals surface area contributed by atoms with Crippen LogP contribution in [0.3, 0.4) is 0 Å². The molecule has 2 atom stereocenters. The molecule has 0 N–H and O–H groups in total. The van der Waals surface area contributed by atoms with E-state index in [0.717, 1.165) is 12.1 Å². The topological polar surface area (TPSA) is 3.24 Å². The number of rotatable bonds is 0. The average molecular weight is 151 g/mol. The zero-order chi connectivity index (χ0) is 7.84. The Bertz CT molecular complexity index is 174. The van der Waals surface area contributed by atoms with E-state index in [4.69, 9.17) is 0 Å². The fraction of sp³-hybridized carbons (Fsp3) is 0.800. The molecule has 0 aromatic rings. The first-order chi connectivity index (χ1) is 5.27. The SMILES string of the molecule is C=C1C[C@@H]2CCCN2[C@H](C)C1. The highest BCUT2D eigenvalue weighted by Gasteiger charge is 2.32. The smallest absolute Gasteiger partial charge is 0.0136 e. The summed E-state index contributed by atoms with van der Waals surface area (Å²) >= 11 is 0. The van der Waals surface area contributed by atoms with Gasteiger partial charge in [0.2, 0.25) is 0 Å². The molecule has 0 bridgehead atoms. The highest BCUT2D eigenvalue weighted by atomic mass is 15.2. The lowest BCUT2D eigenvalue weighted by molar-refractivity contribution is 0.163. The Kier molecular flexibility index (Phi) is 1.76. The fourth-order valence-corrected chi connectivity index (χ4v) is 2.61. The van der Waals surface area contributed by atoms with E-state index in [1.165, 1.54) is 37.8 Å². The van der Waals surface area contributed by atoms with Crippen LogP contribution in [0.2, 0.25) is 0 Å². The van der Waals surface area contributed by atoms with Crippen LogP contribution >= 0.6 is 0 Å². The van der Waals surface area contributed by atoms with Crippen molar-refractivity contribution in [1.29, 1.82) is 0 Å². The Hall–Kier alpha value is -0.300. The van der Waals surface area contributed by atoms with Crippen LogP contribution in [0.25, 0.3) is 0 Å². The van der Waals surface area contributed by atoms with E-state index in [1.807, 2.05) is 0 Å². The summed E-state index contributed by atoms with van der Waals surface area (Å²) in [4.78, 5) is 2.66. The molecular weight excluding hydrogens is 134 g/mol. The van der Waals surface area contributed by atoms with Gasteiger partial charge >= 0.3 is 0 Å². The predicted molar refractivity (Wildman–Crippen MR) is 47.6 cm³/mol. The molecule has 0 aromatic heterocycles. The van der Waals surface area contributed by atoms with Gasteiger partial charge in [0.15, 0.2) is 0 Å². The first-order valence-corrected chi connectivity index (χ1v) is 4.70. The predicted octanol–water partition coefficient (Wildman–Crippen LogP) is 2.19. The zero-order valence-corrected chi connectivity index (χ0v) is 7.34. The molecule has 2 heterocycles. The Morgan fingerprint density at radius 3 is 3.09 bits per heavy atom. The number of piperidine rings is 1. The molecule has 0 spiro atoms. The number of fused-ring (bicyclic) bond motifs is 1. The van der Waals surface area contributed by atoms with Gasteiger partial charge in [0.1, 0.15) is 0 Å². The van der Waals surface area contributed by atoms with Crippen molar-refractivity contribution in [3.8, 4) is 0 Å². The normalized spacial score (nSPS) is 39.2. The molecule has 2 aliphatic heterocycles. The van der Waals surface area contributed by atoms with E-state index in [0.29, 0.717) is 0 Å². The standard InChI is InChI=1S/C10H17N/c1-8-6-9(2)11-5-3-4-10(11)7-8/h9-10H,1,3-7H2,2H3/t9-,10+/m1/s1. The minimum atomic E-state index is 0.767. The molecule has 2 aliphatic rings. The first-order valence-electron chi connectivity index (χ1n) is 4.70. The van der Waals surface area contributed by atoms with Crippen molar-refractivity contribution >= 4 is 0 Å². The summed E-state index contributed by atoms with van der Waals surface area (Å²) in [5.41, 5.74) is 1.47. The van der Waals surface area contributed by atoms with Gasteiger partial charge in [0, 0.05) is 12.1 Å². The van der Waals surface area contributed by atoms with Gasteiger partial charge in [-0.1, -0.05) is 12.2 Å². The quantitative estimate of drug-likeness (QED) is 0.480. The lowest BCUT2D eigenvalue weighted by atomic mass is 9.94. The summed E-state index contributed by atoms with van der Waals surface area (Å²) in [6.45, 7) is 7.77. The van der Waals surface area contributed by atoms with Gasteiger partial charge < -0.3 is 0 Å². The largest absolute Gasteiger partial charge is 0.297 e. The first kappa shape index (κ1) is 7.35. The second kappa shape index (κ2) is 2.63. The van der Waals surface area contributed by atoms with Gasteiger partial charge in [-0.25, -0.2) is 0 Å². The van der Waals surface area contributed by atoms with Crippen LogP contribution in [0.15, 0.2) is 12.2 Å². The van der Waals surface area contributed by atoms with Gasteiger partial charge in [0.05, 0.1) is 0 Å². The second-order valence-corrected chi connectivity index (χ2v) is 4.04. The summed E-state index contributed by atoms with van der Waals surface area (Å²) in [6, 6.07) is 1.62.